The third-order valence-electron chi connectivity index (χ3n) is 4.64. The molecular weight excluding hydrogens is 158 g/mol. The Bertz CT molecular complexity index is 244. The Kier molecular flexibility index (Phi) is 1.61. The summed E-state index contributed by atoms with van der Waals surface area (Å²) in [6.07, 6.45) is 9.30. The topological polar surface area (TPSA) is 3.24 Å². The summed E-state index contributed by atoms with van der Waals surface area (Å²) in [4.78, 5) is 2.45. The summed E-state index contributed by atoms with van der Waals surface area (Å²) in [7, 11) is 4.50. The summed E-state index contributed by atoms with van der Waals surface area (Å²) < 4.78 is 0. The lowest BCUT2D eigenvalue weighted by Gasteiger charge is -2.35. The monoisotopic (exact) mass is 177 g/mol. The van der Waals surface area contributed by atoms with E-state index >= 15 is 0 Å². The van der Waals surface area contributed by atoms with Gasteiger partial charge < -0.3 is 4.90 Å². The highest BCUT2D eigenvalue weighted by Gasteiger charge is 2.52. The molecule has 0 saturated heterocycles. The predicted molar refractivity (Wildman–Crippen MR) is 54.4 cm³/mol. The summed E-state index contributed by atoms with van der Waals surface area (Å²) in [5, 5.41) is 0. The molecule has 0 spiro atoms. The molecule has 0 heterocycles. The second kappa shape index (κ2) is 2.60. The van der Waals surface area contributed by atoms with Crippen LogP contribution >= 0.6 is 0 Å². The lowest BCUT2D eigenvalue weighted by Crippen LogP contribution is -2.38. The van der Waals surface area contributed by atoms with Gasteiger partial charge in [0.05, 0.1) is 0 Å². The summed E-state index contributed by atoms with van der Waals surface area (Å²) in [5.41, 5.74) is 0. The quantitative estimate of drug-likeness (QED) is 0.555. The Hall–Kier alpha value is -0.300. The number of rotatable bonds is 1. The predicted octanol–water partition coefficient (Wildman–Crippen LogP) is 2.15. The maximum Gasteiger partial charge on any atom is 0.0126 e. The molecule has 1 heteroatoms. The largest absolute Gasteiger partial charge is 0.306 e. The van der Waals surface area contributed by atoms with Crippen LogP contribution < -0.4 is 0 Å². The summed E-state index contributed by atoms with van der Waals surface area (Å²) in [5.74, 6) is 4.04. The van der Waals surface area contributed by atoms with Crippen molar-refractivity contribution in [3.63, 3.8) is 0 Å². The first-order chi connectivity index (χ1) is 6.27. The fraction of sp³-hybridized carbons (Fsp3) is 0.833. The average molecular weight is 177 g/mol. The molecule has 5 atom stereocenters. The average Bonchev–Trinajstić information content (AvgIpc) is 2.75. The molecule has 0 aromatic rings. The molecule has 3 rings (SSSR count). The van der Waals surface area contributed by atoms with Crippen molar-refractivity contribution in [1.29, 1.82) is 0 Å². The van der Waals surface area contributed by atoms with Crippen LogP contribution in [-0.4, -0.2) is 25.0 Å². The first-order valence-corrected chi connectivity index (χ1v) is 5.60. The highest BCUT2D eigenvalue weighted by molar-refractivity contribution is 5.15. The molecule has 3 aliphatic rings. The van der Waals surface area contributed by atoms with Crippen LogP contribution in [0.1, 0.15) is 19.3 Å². The van der Waals surface area contributed by atoms with E-state index in [4.69, 9.17) is 0 Å². The maximum atomic E-state index is 2.50. The minimum Gasteiger partial charge on any atom is -0.306 e. The number of hydrogen-bond donors (Lipinski definition) is 0. The summed E-state index contributed by atoms with van der Waals surface area (Å²) >= 11 is 0. The molecule has 0 aromatic carbocycles. The second-order valence-electron chi connectivity index (χ2n) is 5.33. The van der Waals surface area contributed by atoms with Crippen LogP contribution in [0.2, 0.25) is 0 Å². The zero-order valence-corrected chi connectivity index (χ0v) is 8.61. The zero-order chi connectivity index (χ0) is 9.00. The fourth-order valence-corrected chi connectivity index (χ4v) is 4.10. The molecule has 2 bridgehead atoms. The van der Waals surface area contributed by atoms with Gasteiger partial charge in [0.25, 0.3) is 0 Å². The molecule has 2 saturated carbocycles. The maximum absolute atomic E-state index is 2.50. The van der Waals surface area contributed by atoms with E-state index in [1.807, 2.05) is 0 Å². The van der Waals surface area contributed by atoms with E-state index in [2.05, 4.69) is 31.1 Å². The molecule has 1 nitrogen and oxygen atoms in total. The number of allylic oxidation sites excluding steroid dienone is 2. The van der Waals surface area contributed by atoms with Crippen molar-refractivity contribution >= 4 is 0 Å². The van der Waals surface area contributed by atoms with Gasteiger partial charge in [-0.25, -0.2) is 0 Å². The van der Waals surface area contributed by atoms with Crippen LogP contribution in [0.4, 0.5) is 0 Å². The Labute approximate surface area is 80.8 Å². The van der Waals surface area contributed by atoms with Crippen LogP contribution in [0.5, 0.6) is 0 Å². The third-order valence-corrected chi connectivity index (χ3v) is 4.64. The highest BCUT2D eigenvalue weighted by atomic mass is 15.1. The van der Waals surface area contributed by atoms with Crippen molar-refractivity contribution in [3.8, 4) is 0 Å². The minimum atomic E-state index is 0.883. The molecule has 0 radical (unpaired) electrons. The zero-order valence-electron chi connectivity index (χ0n) is 8.61. The summed E-state index contributed by atoms with van der Waals surface area (Å²) in [6.45, 7) is 0. The molecule has 5 unspecified atom stereocenters. The van der Waals surface area contributed by atoms with Crippen molar-refractivity contribution in [2.75, 3.05) is 14.1 Å². The van der Waals surface area contributed by atoms with Gasteiger partial charge in [-0.2, -0.15) is 0 Å². The lowest BCUT2D eigenvalue weighted by molar-refractivity contribution is 0.151. The van der Waals surface area contributed by atoms with Crippen molar-refractivity contribution in [1.82, 2.24) is 4.90 Å². The van der Waals surface area contributed by atoms with E-state index < -0.39 is 0 Å². The Morgan fingerprint density at radius 3 is 2.77 bits per heavy atom. The van der Waals surface area contributed by atoms with Crippen molar-refractivity contribution in [2.24, 2.45) is 23.7 Å². The molecule has 0 aromatic heterocycles. The Morgan fingerprint density at radius 1 is 1.15 bits per heavy atom. The van der Waals surface area contributed by atoms with Gasteiger partial charge in [-0.3, -0.25) is 0 Å². The van der Waals surface area contributed by atoms with E-state index in [1.165, 1.54) is 19.3 Å². The SMILES string of the molecule is CN(C)C1CC2CC1C1C=CCC21. The minimum absolute atomic E-state index is 0.883. The first-order valence-electron chi connectivity index (χ1n) is 5.60. The highest BCUT2D eigenvalue weighted by Crippen LogP contribution is 2.57. The van der Waals surface area contributed by atoms with E-state index in [-0.39, 0.29) is 0 Å². The van der Waals surface area contributed by atoms with Crippen LogP contribution in [-0.2, 0) is 0 Å². The van der Waals surface area contributed by atoms with Gasteiger partial charge in [-0.15, -0.1) is 0 Å². The van der Waals surface area contributed by atoms with Crippen molar-refractivity contribution in [2.45, 2.75) is 25.3 Å². The molecule has 72 valence electrons. The third kappa shape index (κ3) is 0.969. The molecular formula is C12H19N. The van der Waals surface area contributed by atoms with Crippen molar-refractivity contribution in [3.05, 3.63) is 12.2 Å². The van der Waals surface area contributed by atoms with E-state index in [9.17, 15) is 0 Å². The van der Waals surface area contributed by atoms with Gasteiger partial charge in [0, 0.05) is 6.04 Å². The smallest absolute Gasteiger partial charge is 0.0126 e. The normalized spacial score (nSPS) is 52.1. The Balaban J connectivity index is 1.85. The first kappa shape index (κ1) is 8.05. The van der Waals surface area contributed by atoms with E-state index in [0.717, 1.165) is 29.7 Å². The molecule has 13 heavy (non-hydrogen) atoms. The van der Waals surface area contributed by atoms with Crippen LogP contribution in [0, 0.1) is 23.7 Å². The standard InChI is InChI=1S/C12H19N/c1-13(2)12-7-8-6-11(12)10-5-3-4-9(8)10/h3,5,8-12H,4,6-7H2,1-2H3. The second-order valence-corrected chi connectivity index (χ2v) is 5.33. The van der Waals surface area contributed by atoms with E-state index in [0.29, 0.717) is 0 Å². The number of fused-ring (bicyclic) bond motifs is 5. The van der Waals surface area contributed by atoms with Gasteiger partial charge in [0.1, 0.15) is 0 Å². The molecule has 0 N–H and O–H groups in total. The fourth-order valence-electron chi connectivity index (χ4n) is 4.10. The van der Waals surface area contributed by atoms with Gasteiger partial charge in [-0.1, -0.05) is 12.2 Å². The van der Waals surface area contributed by atoms with E-state index in [1.54, 1.807) is 0 Å². The van der Waals surface area contributed by atoms with Crippen LogP contribution in [0.3, 0.4) is 0 Å². The van der Waals surface area contributed by atoms with Crippen molar-refractivity contribution < 1.29 is 0 Å². The summed E-state index contributed by atoms with van der Waals surface area (Å²) in [6, 6.07) is 0.883. The van der Waals surface area contributed by atoms with Gasteiger partial charge >= 0.3 is 0 Å². The van der Waals surface area contributed by atoms with Gasteiger partial charge in [0.2, 0.25) is 0 Å². The molecule has 2 fully saturated rings. The Morgan fingerprint density at radius 2 is 2.00 bits per heavy atom. The molecule has 3 aliphatic carbocycles. The molecule has 0 amide bonds. The van der Waals surface area contributed by atoms with Gasteiger partial charge in [0.15, 0.2) is 0 Å². The number of nitrogens with zero attached hydrogens (tertiary/aromatic N) is 1. The van der Waals surface area contributed by atoms with Crippen LogP contribution in [0.25, 0.3) is 0 Å². The molecule has 0 aliphatic heterocycles. The lowest BCUT2D eigenvalue weighted by atomic mass is 9.78. The van der Waals surface area contributed by atoms with Crippen LogP contribution in [0.15, 0.2) is 12.2 Å². The van der Waals surface area contributed by atoms with Gasteiger partial charge in [-0.05, 0) is 57.0 Å². The number of hydrogen-bond acceptors (Lipinski definition) is 1.